The van der Waals surface area contributed by atoms with Gasteiger partial charge >= 0.3 is 5.97 Å². The van der Waals surface area contributed by atoms with Gasteiger partial charge in [0.2, 0.25) is 5.78 Å². The highest BCUT2D eigenvalue weighted by Crippen LogP contribution is 2.14. The monoisotopic (exact) mass is 382 g/mol. The Kier molecular flexibility index (Phi) is 6.04. The first-order valence-electron chi connectivity index (χ1n) is 8.61. The SMILES string of the molecule is CC(OC(=O)CCc1cnn(-c2ccccc2)c1)C(=O)c1ccc(Cl)cc1. The van der Waals surface area contributed by atoms with E-state index in [-0.39, 0.29) is 12.2 Å². The highest BCUT2D eigenvalue weighted by Gasteiger charge is 2.19. The van der Waals surface area contributed by atoms with E-state index in [4.69, 9.17) is 16.3 Å². The van der Waals surface area contributed by atoms with Crippen LogP contribution in [0.15, 0.2) is 67.0 Å². The van der Waals surface area contributed by atoms with Crippen LogP contribution in [0.2, 0.25) is 5.02 Å². The van der Waals surface area contributed by atoms with E-state index in [1.54, 1.807) is 42.1 Å². The Morgan fingerprint density at radius 2 is 1.81 bits per heavy atom. The summed E-state index contributed by atoms with van der Waals surface area (Å²) in [6.07, 6.45) is 3.44. The highest BCUT2D eigenvalue weighted by molar-refractivity contribution is 6.30. The van der Waals surface area contributed by atoms with E-state index < -0.39 is 12.1 Å². The summed E-state index contributed by atoms with van der Waals surface area (Å²) in [7, 11) is 0. The molecule has 6 heteroatoms. The Bertz CT molecular complexity index is 920. The normalized spacial score (nSPS) is 11.8. The van der Waals surface area contributed by atoms with E-state index in [1.807, 2.05) is 36.5 Å². The second-order valence-corrected chi connectivity index (χ2v) is 6.57. The number of esters is 1. The van der Waals surface area contributed by atoms with Crippen LogP contribution in [0.25, 0.3) is 5.69 Å². The second-order valence-electron chi connectivity index (χ2n) is 6.13. The number of carbonyl (C=O) groups excluding carboxylic acids is 2. The maximum Gasteiger partial charge on any atom is 0.306 e. The number of aromatic nitrogens is 2. The Morgan fingerprint density at radius 3 is 2.52 bits per heavy atom. The van der Waals surface area contributed by atoms with Crippen LogP contribution in [0.5, 0.6) is 0 Å². The minimum absolute atomic E-state index is 0.179. The number of para-hydroxylation sites is 1. The molecule has 0 N–H and O–H groups in total. The van der Waals surface area contributed by atoms with E-state index >= 15 is 0 Å². The number of ketones is 1. The molecule has 0 aliphatic rings. The van der Waals surface area contributed by atoms with E-state index in [0.29, 0.717) is 17.0 Å². The van der Waals surface area contributed by atoms with Crippen molar-refractivity contribution >= 4 is 23.4 Å². The number of Topliss-reactive ketones (excluding diaryl/α,β-unsaturated/α-hetero) is 1. The lowest BCUT2D eigenvalue weighted by atomic mass is 10.1. The Labute approximate surface area is 162 Å². The van der Waals surface area contributed by atoms with Crippen LogP contribution in [0.4, 0.5) is 0 Å². The minimum Gasteiger partial charge on any atom is -0.454 e. The van der Waals surface area contributed by atoms with Crippen LogP contribution in [-0.2, 0) is 16.0 Å². The van der Waals surface area contributed by atoms with Crippen molar-refractivity contribution in [3.05, 3.63) is 83.1 Å². The number of ether oxygens (including phenoxy) is 1. The number of hydrogen-bond acceptors (Lipinski definition) is 4. The molecule has 3 rings (SSSR count). The van der Waals surface area contributed by atoms with Gasteiger partial charge in [0.05, 0.1) is 11.9 Å². The Balaban J connectivity index is 1.51. The number of carbonyl (C=O) groups is 2. The third-order valence-electron chi connectivity index (χ3n) is 4.08. The molecule has 0 aliphatic carbocycles. The van der Waals surface area contributed by atoms with Crippen LogP contribution in [0.3, 0.4) is 0 Å². The summed E-state index contributed by atoms with van der Waals surface area (Å²) in [5.41, 5.74) is 2.34. The van der Waals surface area contributed by atoms with Crippen molar-refractivity contribution < 1.29 is 14.3 Å². The van der Waals surface area contributed by atoms with Crippen LogP contribution < -0.4 is 0 Å². The average Bonchev–Trinajstić information content (AvgIpc) is 3.16. The summed E-state index contributed by atoms with van der Waals surface area (Å²) in [5.74, 6) is -0.672. The molecule has 3 aromatic rings. The molecule has 0 aliphatic heterocycles. The number of halogens is 1. The Hall–Kier alpha value is -2.92. The van der Waals surface area contributed by atoms with Crippen LogP contribution in [0, 0.1) is 0 Å². The first kappa shape index (κ1) is 18.9. The molecule has 1 atom stereocenters. The molecular formula is C21H19ClN2O3. The molecule has 27 heavy (non-hydrogen) atoms. The van der Waals surface area contributed by atoms with Gasteiger partial charge in [-0.2, -0.15) is 5.10 Å². The number of benzene rings is 2. The number of nitrogens with zero attached hydrogens (tertiary/aromatic N) is 2. The predicted octanol–water partition coefficient (Wildman–Crippen LogP) is 4.27. The summed E-state index contributed by atoms with van der Waals surface area (Å²) in [6.45, 7) is 1.57. The van der Waals surface area contributed by atoms with Gasteiger partial charge in [-0.1, -0.05) is 29.8 Å². The minimum atomic E-state index is -0.842. The molecule has 2 aromatic carbocycles. The van der Waals surface area contributed by atoms with Crippen molar-refractivity contribution in [3.8, 4) is 5.69 Å². The molecular weight excluding hydrogens is 364 g/mol. The third-order valence-corrected chi connectivity index (χ3v) is 4.33. The first-order chi connectivity index (χ1) is 13.0. The van der Waals surface area contributed by atoms with Gasteiger partial charge in [0.15, 0.2) is 6.10 Å². The molecule has 5 nitrogen and oxygen atoms in total. The van der Waals surface area contributed by atoms with Gasteiger partial charge in [0.1, 0.15) is 0 Å². The van der Waals surface area contributed by atoms with Crippen LogP contribution in [0.1, 0.15) is 29.3 Å². The second kappa shape index (κ2) is 8.64. The molecule has 0 bridgehead atoms. The largest absolute Gasteiger partial charge is 0.454 e. The van der Waals surface area contributed by atoms with Gasteiger partial charge < -0.3 is 4.74 Å². The quantitative estimate of drug-likeness (QED) is 0.452. The van der Waals surface area contributed by atoms with E-state index in [0.717, 1.165) is 11.3 Å². The number of aryl methyl sites for hydroxylation is 1. The summed E-state index contributed by atoms with van der Waals surface area (Å²) in [4.78, 5) is 24.4. The summed E-state index contributed by atoms with van der Waals surface area (Å²) >= 11 is 5.82. The molecule has 0 spiro atoms. The fraction of sp³-hybridized carbons (Fsp3) is 0.190. The smallest absolute Gasteiger partial charge is 0.306 e. The van der Waals surface area contributed by atoms with Gasteiger partial charge in [-0.15, -0.1) is 0 Å². The van der Waals surface area contributed by atoms with E-state index in [2.05, 4.69) is 5.10 Å². The maximum absolute atomic E-state index is 12.3. The molecule has 138 valence electrons. The van der Waals surface area contributed by atoms with Gasteiger partial charge in [-0.05, 0) is 55.3 Å². The third kappa shape index (κ3) is 5.05. The zero-order valence-electron chi connectivity index (χ0n) is 14.8. The molecule has 0 amide bonds. The fourth-order valence-corrected chi connectivity index (χ4v) is 2.74. The van der Waals surface area contributed by atoms with Gasteiger partial charge in [0, 0.05) is 23.2 Å². The maximum atomic E-state index is 12.3. The molecule has 0 saturated carbocycles. The number of rotatable bonds is 7. The highest BCUT2D eigenvalue weighted by atomic mass is 35.5. The molecule has 1 heterocycles. The van der Waals surface area contributed by atoms with E-state index in [9.17, 15) is 9.59 Å². The van der Waals surface area contributed by atoms with E-state index in [1.165, 1.54) is 0 Å². The molecule has 0 fully saturated rings. The lowest BCUT2D eigenvalue weighted by Crippen LogP contribution is -2.24. The Morgan fingerprint density at radius 1 is 1.11 bits per heavy atom. The van der Waals surface area contributed by atoms with Gasteiger partial charge in [-0.25, -0.2) is 4.68 Å². The standard InChI is InChI=1S/C21H19ClN2O3/c1-15(21(26)17-8-10-18(22)11-9-17)27-20(25)12-7-16-13-23-24(14-16)19-5-3-2-4-6-19/h2-6,8-11,13-15H,7,12H2,1H3. The lowest BCUT2D eigenvalue weighted by Gasteiger charge is -2.12. The summed E-state index contributed by atoms with van der Waals surface area (Å²) in [6, 6.07) is 16.2. The zero-order valence-corrected chi connectivity index (χ0v) is 15.6. The molecule has 1 unspecified atom stereocenters. The van der Waals surface area contributed by atoms with Crippen LogP contribution in [-0.4, -0.2) is 27.6 Å². The first-order valence-corrected chi connectivity index (χ1v) is 8.99. The summed E-state index contributed by atoms with van der Waals surface area (Å²) in [5, 5.41) is 4.85. The zero-order chi connectivity index (χ0) is 19.2. The van der Waals surface area contributed by atoms with Gasteiger partial charge in [0.25, 0.3) is 0 Å². The molecule has 0 saturated heterocycles. The topological polar surface area (TPSA) is 61.2 Å². The van der Waals surface area contributed by atoms with Crippen molar-refractivity contribution in [2.75, 3.05) is 0 Å². The van der Waals surface area contributed by atoms with Crippen molar-refractivity contribution in [2.45, 2.75) is 25.9 Å². The molecule has 0 radical (unpaired) electrons. The lowest BCUT2D eigenvalue weighted by molar-refractivity contribution is -0.146. The van der Waals surface area contributed by atoms with Crippen LogP contribution >= 0.6 is 11.6 Å². The number of hydrogen-bond donors (Lipinski definition) is 0. The van der Waals surface area contributed by atoms with Crippen molar-refractivity contribution in [2.24, 2.45) is 0 Å². The molecule has 1 aromatic heterocycles. The average molecular weight is 383 g/mol. The fourth-order valence-electron chi connectivity index (χ4n) is 2.62. The van der Waals surface area contributed by atoms with Crippen molar-refractivity contribution in [1.29, 1.82) is 0 Å². The predicted molar refractivity (Wildman–Crippen MR) is 103 cm³/mol. The van der Waals surface area contributed by atoms with Crippen molar-refractivity contribution in [3.63, 3.8) is 0 Å². The summed E-state index contributed by atoms with van der Waals surface area (Å²) < 4.78 is 7.02. The van der Waals surface area contributed by atoms with Gasteiger partial charge in [-0.3, -0.25) is 9.59 Å². The van der Waals surface area contributed by atoms with Crippen molar-refractivity contribution in [1.82, 2.24) is 9.78 Å².